The third-order valence-electron chi connectivity index (χ3n) is 2.58. The van der Waals surface area contributed by atoms with Crippen molar-refractivity contribution in [2.45, 2.75) is 36.9 Å². The number of hydrogen-bond acceptors (Lipinski definition) is 1. The molecule has 1 aromatic rings. The van der Waals surface area contributed by atoms with Crippen LogP contribution in [0, 0.1) is 0 Å². The fourth-order valence-corrected chi connectivity index (χ4v) is 1.98. The maximum atomic E-state index is 5.75. The fourth-order valence-electron chi connectivity index (χ4n) is 1.68. The molecule has 1 aliphatic rings. The standard InChI is InChI=1S/C12H15IO/c1-7(2)9-4-5-10-11(6-9)12(10)14-8(3)13/h4-8,12H,1-3H3/t8?,12-/m0/s1. The predicted octanol–water partition coefficient (Wildman–Crippen LogP) is 4.01. The summed E-state index contributed by atoms with van der Waals surface area (Å²) in [6.45, 7) is 6.52. The highest BCUT2D eigenvalue weighted by Crippen LogP contribution is 2.46. The molecule has 2 heteroatoms. The van der Waals surface area contributed by atoms with Crippen molar-refractivity contribution >= 4 is 22.6 Å². The van der Waals surface area contributed by atoms with Crippen LogP contribution in [0.3, 0.4) is 0 Å². The zero-order chi connectivity index (χ0) is 10.3. The Kier molecular flexibility index (Phi) is 2.84. The molecule has 0 heterocycles. The average Bonchev–Trinajstić information content (AvgIpc) is 2.77. The lowest BCUT2D eigenvalue weighted by Gasteiger charge is -2.03. The topological polar surface area (TPSA) is 9.23 Å². The molecule has 1 aromatic carbocycles. The van der Waals surface area contributed by atoms with Gasteiger partial charge in [-0.3, -0.25) is 0 Å². The molecule has 0 N–H and O–H groups in total. The van der Waals surface area contributed by atoms with Crippen LogP contribution in [-0.4, -0.2) is 4.11 Å². The van der Waals surface area contributed by atoms with Crippen molar-refractivity contribution < 1.29 is 4.74 Å². The summed E-state index contributed by atoms with van der Waals surface area (Å²) < 4.78 is 6.04. The Morgan fingerprint density at radius 1 is 1.21 bits per heavy atom. The second-order valence-corrected chi connectivity index (χ2v) is 5.86. The highest BCUT2D eigenvalue weighted by atomic mass is 127. The average molecular weight is 302 g/mol. The highest BCUT2D eigenvalue weighted by molar-refractivity contribution is 14.1. The van der Waals surface area contributed by atoms with Crippen LogP contribution in [0.5, 0.6) is 0 Å². The molecule has 2 rings (SSSR count). The van der Waals surface area contributed by atoms with Crippen molar-refractivity contribution in [2.75, 3.05) is 0 Å². The largest absolute Gasteiger partial charge is 0.355 e. The second-order valence-electron chi connectivity index (χ2n) is 4.10. The van der Waals surface area contributed by atoms with E-state index in [0.717, 1.165) is 0 Å². The smallest absolute Gasteiger partial charge is 0.110 e. The van der Waals surface area contributed by atoms with Crippen LogP contribution in [-0.2, 0) is 4.74 Å². The van der Waals surface area contributed by atoms with E-state index < -0.39 is 0 Å². The third kappa shape index (κ3) is 1.96. The Morgan fingerprint density at radius 3 is 2.50 bits per heavy atom. The Labute approximate surface area is 99.0 Å². The number of halogens is 1. The summed E-state index contributed by atoms with van der Waals surface area (Å²) in [6.07, 6.45) is 0.286. The van der Waals surface area contributed by atoms with Gasteiger partial charge in [-0.25, -0.2) is 0 Å². The van der Waals surface area contributed by atoms with Gasteiger partial charge in [0.2, 0.25) is 0 Å². The van der Waals surface area contributed by atoms with Gasteiger partial charge in [0.25, 0.3) is 0 Å². The van der Waals surface area contributed by atoms with Crippen LogP contribution in [0.1, 0.15) is 49.5 Å². The van der Waals surface area contributed by atoms with Gasteiger partial charge in [0.15, 0.2) is 0 Å². The maximum Gasteiger partial charge on any atom is 0.110 e. The number of rotatable bonds is 3. The van der Waals surface area contributed by atoms with Gasteiger partial charge < -0.3 is 4.74 Å². The van der Waals surface area contributed by atoms with Gasteiger partial charge in [-0.2, -0.15) is 0 Å². The van der Waals surface area contributed by atoms with Crippen LogP contribution in [0.15, 0.2) is 18.2 Å². The quantitative estimate of drug-likeness (QED) is 0.605. The maximum absolute atomic E-state index is 5.75. The lowest BCUT2D eigenvalue weighted by Crippen LogP contribution is -1.95. The van der Waals surface area contributed by atoms with Gasteiger partial charge >= 0.3 is 0 Å². The molecule has 1 nitrogen and oxygen atoms in total. The Morgan fingerprint density at radius 2 is 1.93 bits per heavy atom. The monoisotopic (exact) mass is 302 g/mol. The van der Waals surface area contributed by atoms with Gasteiger partial charge in [-0.15, -0.1) is 0 Å². The van der Waals surface area contributed by atoms with Crippen LogP contribution < -0.4 is 0 Å². The van der Waals surface area contributed by atoms with Gasteiger partial charge in [-0.1, -0.05) is 54.6 Å². The molecule has 0 spiro atoms. The van der Waals surface area contributed by atoms with Crippen LogP contribution in [0.2, 0.25) is 0 Å². The number of fused-ring (bicyclic) bond motifs is 1. The van der Waals surface area contributed by atoms with E-state index in [1.807, 2.05) is 0 Å². The molecule has 76 valence electrons. The summed E-state index contributed by atoms with van der Waals surface area (Å²) in [5, 5.41) is 0. The van der Waals surface area contributed by atoms with Gasteiger partial charge in [0, 0.05) is 0 Å². The number of benzene rings is 1. The van der Waals surface area contributed by atoms with E-state index in [-0.39, 0.29) is 10.2 Å². The normalized spacial score (nSPS) is 20.8. The summed E-state index contributed by atoms with van der Waals surface area (Å²) in [5.41, 5.74) is 4.17. The lowest BCUT2D eigenvalue weighted by atomic mass is 10.0. The Hall–Kier alpha value is -0.0900. The summed E-state index contributed by atoms with van der Waals surface area (Å²) in [4.78, 5) is 0. The van der Waals surface area contributed by atoms with E-state index in [1.54, 1.807) is 0 Å². The zero-order valence-electron chi connectivity index (χ0n) is 8.75. The van der Waals surface area contributed by atoms with Crippen molar-refractivity contribution in [1.29, 1.82) is 0 Å². The second kappa shape index (κ2) is 3.81. The van der Waals surface area contributed by atoms with E-state index in [4.69, 9.17) is 4.74 Å². The summed E-state index contributed by atoms with van der Waals surface area (Å²) in [7, 11) is 0. The van der Waals surface area contributed by atoms with Gasteiger partial charge in [-0.05, 0) is 29.5 Å². The van der Waals surface area contributed by atoms with E-state index in [1.165, 1.54) is 16.7 Å². The molecule has 0 amide bonds. The first-order chi connectivity index (χ1) is 6.59. The van der Waals surface area contributed by atoms with Crippen molar-refractivity contribution in [2.24, 2.45) is 0 Å². The van der Waals surface area contributed by atoms with Gasteiger partial charge in [0.05, 0.1) is 0 Å². The number of alkyl halides is 1. The fraction of sp³-hybridized carbons (Fsp3) is 0.500. The summed E-state index contributed by atoms with van der Waals surface area (Å²) >= 11 is 2.30. The molecule has 1 aliphatic carbocycles. The molecule has 14 heavy (non-hydrogen) atoms. The molecule has 0 aromatic heterocycles. The molecule has 1 unspecified atom stereocenters. The molecular weight excluding hydrogens is 287 g/mol. The zero-order valence-corrected chi connectivity index (χ0v) is 10.9. The summed E-state index contributed by atoms with van der Waals surface area (Å²) in [6, 6.07) is 6.70. The molecule has 0 saturated carbocycles. The highest BCUT2D eigenvalue weighted by Gasteiger charge is 2.34. The van der Waals surface area contributed by atoms with E-state index in [0.29, 0.717) is 5.92 Å². The predicted molar refractivity (Wildman–Crippen MR) is 66.9 cm³/mol. The van der Waals surface area contributed by atoms with E-state index in [9.17, 15) is 0 Å². The Balaban J connectivity index is 2.12. The van der Waals surface area contributed by atoms with E-state index in [2.05, 4.69) is 61.6 Å². The van der Waals surface area contributed by atoms with Crippen molar-refractivity contribution in [3.05, 3.63) is 34.9 Å². The van der Waals surface area contributed by atoms with Crippen LogP contribution in [0.4, 0.5) is 0 Å². The van der Waals surface area contributed by atoms with E-state index >= 15 is 0 Å². The van der Waals surface area contributed by atoms with Crippen molar-refractivity contribution in [1.82, 2.24) is 0 Å². The first kappa shape index (κ1) is 10.4. The molecule has 0 radical (unpaired) electrons. The number of hydrogen-bond donors (Lipinski definition) is 0. The van der Waals surface area contributed by atoms with Crippen LogP contribution in [0.25, 0.3) is 0 Å². The van der Waals surface area contributed by atoms with Crippen LogP contribution >= 0.6 is 22.6 Å². The minimum Gasteiger partial charge on any atom is -0.355 e. The summed E-state index contributed by atoms with van der Waals surface area (Å²) in [5.74, 6) is 0.610. The minimum absolute atomic E-state index is 0.285. The molecule has 0 bridgehead atoms. The van der Waals surface area contributed by atoms with Crippen molar-refractivity contribution in [3.8, 4) is 0 Å². The lowest BCUT2D eigenvalue weighted by molar-refractivity contribution is 0.110. The Bertz CT molecular complexity index is 344. The number of ether oxygens (including phenoxy) is 1. The molecule has 0 aliphatic heterocycles. The molecule has 0 saturated heterocycles. The molecular formula is C12H15IO. The first-order valence-corrected chi connectivity index (χ1v) is 6.27. The molecule has 2 atom stereocenters. The third-order valence-corrected chi connectivity index (χ3v) is 2.88. The van der Waals surface area contributed by atoms with Gasteiger partial charge in [0.1, 0.15) is 10.2 Å². The molecule has 0 fully saturated rings. The minimum atomic E-state index is 0.285. The SMILES string of the molecule is CC(I)O[C@H]1c2ccc(C(C)C)cc21. The van der Waals surface area contributed by atoms with Crippen molar-refractivity contribution in [3.63, 3.8) is 0 Å². The first-order valence-electron chi connectivity index (χ1n) is 5.03.